The van der Waals surface area contributed by atoms with Crippen molar-refractivity contribution in [2.45, 2.75) is 176 Å². The van der Waals surface area contributed by atoms with E-state index >= 15 is 0 Å². The summed E-state index contributed by atoms with van der Waals surface area (Å²) in [6, 6.07) is 117. The van der Waals surface area contributed by atoms with E-state index in [0.29, 0.717) is 28.9 Å². The zero-order chi connectivity index (χ0) is 78.9. The Labute approximate surface area is 691 Å². The van der Waals surface area contributed by atoms with Gasteiger partial charge in [-0.2, -0.15) is 0 Å². The highest BCUT2D eigenvalue weighted by Gasteiger charge is 2.56. The van der Waals surface area contributed by atoms with Crippen LogP contribution in [0.3, 0.4) is 0 Å². The zero-order valence-electron chi connectivity index (χ0n) is 65.9. The lowest BCUT2D eigenvalue weighted by Crippen LogP contribution is -2.51. The second kappa shape index (κ2) is 38.1. The van der Waals surface area contributed by atoms with Crippen molar-refractivity contribution in [3.05, 3.63) is 340 Å². The molecule has 12 aromatic carbocycles. The lowest BCUT2D eigenvalue weighted by atomic mass is 9.49. The topological polar surface area (TPSA) is 105 Å². The fourth-order valence-corrected chi connectivity index (χ4v) is 26.1. The summed E-state index contributed by atoms with van der Waals surface area (Å²) in [4.78, 5) is 65.5. The Bertz CT molecular complexity index is 4900. The number of rotatable bonds is 19. The van der Waals surface area contributed by atoms with Gasteiger partial charge in [0.15, 0.2) is 58.7 Å². The average molecular weight is 1600 g/mol. The number of fused-ring (bicyclic) bond motifs is 2. The van der Waals surface area contributed by atoms with Crippen LogP contribution >= 0.6 is 0 Å². The maximum Gasteiger partial charge on any atom is 0.317 e. The van der Waals surface area contributed by atoms with Gasteiger partial charge >= 0.3 is 23.9 Å². The first-order chi connectivity index (χ1) is 56.2. The van der Waals surface area contributed by atoms with Crippen LogP contribution < -0.4 is 18.9 Å². The van der Waals surface area contributed by atoms with Crippen molar-refractivity contribution in [3.63, 3.8) is 0 Å². The van der Waals surface area contributed by atoms with Crippen molar-refractivity contribution in [3.8, 4) is 23.0 Å². The molecule has 0 radical (unpaired) electrons. The zero-order valence-corrected chi connectivity index (χ0v) is 69.1. The SMILES string of the molecule is CC(C)(C)C(=O)Oc1ccc([S+](c2ccccc2)c2ccccc2)cc1.O=C(Oc1ccc([S+](c2ccccc2)c2ccccc2)cc1)C12CC3CC(CC(C3)C1)C2.O=C(Oc1ccc([S+](c2ccccc2)c2ccccc2)cc1)C1CC2CCC1C2.O=C(Oc1ccc([S+](c2ccccc2)c2ccccc2)cc1)C1CCCCC1. The predicted octanol–water partition coefficient (Wildman–Crippen LogP) is 25.0. The highest BCUT2D eigenvalue weighted by atomic mass is 32.2. The van der Waals surface area contributed by atoms with E-state index in [1.807, 2.05) is 118 Å². The molecule has 7 saturated carbocycles. The van der Waals surface area contributed by atoms with Crippen LogP contribution in [0.5, 0.6) is 23.0 Å². The molecule has 0 heterocycles. The van der Waals surface area contributed by atoms with Gasteiger partial charge in [0, 0.05) is 0 Å². The van der Waals surface area contributed by atoms with Crippen molar-refractivity contribution < 1.29 is 38.1 Å². The van der Waals surface area contributed by atoms with Gasteiger partial charge in [0.1, 0.15) is 23.0 Å². The summed E-state index contributed by atoms with van der Waals surface area (Å²) < 4.78 is 22.9. The van der Waals surface area contributed by atoms with Crippen molar-refractivity contribution in [1.82, 2.24) is 0 Å². The Morgan fingerprint density at radius 2 is 0.548 bits per heavy atom. The molecule has 12 aromatic rings. The number of benzene rings is 12. The molecule has 0 saturated heterocycles. The molecule has 0 N–H and O–H groups in total. The number of hydrogen-bond acceptors (Lipinski definition) is 8. The smallest absolute Gasteiger partial charge is 0.317 e. The van der Waals surface area contributed by atoms with Gasteiger partial charge in [-0.15, -0.1) is 0 Å². The van der Waals surface area contributed by atoms with E-state index in [4.69, 9.17) is 18.9 Å². The monoisotopic (exact) mass is 1590 g/mol. The molecule has 115 heavy (non-hydrogen) atoms. The molecule has 6 bridgehead atoms. The van der Waals surface area contributed by atoms with E-state index in [2.05, 4.69) is 243 Å². The Morgan fingerprint density at radius 3 is 0.817 bits per heavy atom. The van der Waals surface area contributed by atoms with Gasteiger partial charge in [-0.05, 0) is 315 Å². The fraction of sp³-hybridized carbons (Fsp3) is 0.262. The van der Waals surface area contributed by atoms with E-state index in [1.54, 1.807) is 0 Å². The molecule has 0 spiro atoms. The molecule has 3 unspecified atom stereocenters. The van der Waals surface area contributed by atoms with Crippen molar-refractivity contribution in [1.29, 1.82) is 0 Å². The first-order valence-electron chi connectivity index (χ1n) is 40.9. The minimum Gasteiger partial charge on any atom is -0.426 e. The Kier molecular flexibility index (Phi) is 26.6. The van der Waals surface area contributed by atoms with Crippen LogP contribution in [0.1, 0.15) is 117 Å². The largest absolute Gasteiger partial charge is 0.426 e. The van der Waals surface area contributed by atoms with E-state index in [1.165, 1.54) is 104 Å². The first kappa shape index (κ1) is 80.1. The Morgan fingerprint density at radius 1 is 0.278 bits per heavy atom. The van der Waals surface area contributed by atoms with E-state index in [-0.39, 0.29) is 84.7 Å². The summed E-state index contributed by atoms with van der Waals surface area (Å²) in [6.45, 7) is 5.56. The predicted molar refractivity (Wildman–Crippen MR) is 464 cm³/mol. The van der Waals surface area contributed by atoms with Gasteiger partial charge in [0.25, 0.3) is 0 Å². The summed E-state index contributed by atoms with van der Waals surface area (Å²) in [5, 5.41) is 0. The Hall–Kier alpha value is -10.1. The number of esters is 4. The minimum absolute atomic E-state index is 0.0227. The summed E-state index contributed by atoms with van der Waals surface area (Å²) >= 11 is 0. The molecule has 19 rings (SSSR count). The summed E-state index contributed by atoms with van der Waals surface area (Å²) in [7, 11) is -0.738. The standard InChI is InChI=1S/C29H29O2S.C26H25O2S.C25H25O2S.C23H23O2S/c30-28(29-18-21-15-22(19-29)17-23(16-21)20-29)31-24-11-13-27(14-12-24)32(25-7-3-1-4-8-25)26-9-5-2-6-10-26;27-26(25-18-19-11-12-20(25)17-19)28-21-13-15-24(16-14-21)29(22-7-3-1-4-8-22)23-9-5-2-6-10-23;26-25(20-10-4-1-5-11-20)27-21-16-18-24(19-17-21)28(22-12-6-2-7-13-22)23-14-8-3-9-15-23;1-23(2,3)22(24)25-18-14-16-21(17-15-18)26(19-10-6-4-7-11-19)20-12-8-5-9-13-20/h1-14,21-23H,15-20H2;1-10,13-16,19-20,25H,11-12,17-18H2;2-3,6-9,12-20H,1,4-5,10-11H2;4-17H,1-3H3/q4*+1. The Balaban J connectivity index is 0.000000121. The third kappa shape index (κ3) is 20.4. The number of carbonyl (C=O) groups is 4. The van der Waals surface area contributed by atoms with Crippen LogP contribution in [0.4, 0.5) is 0 Å². The van der Waals surface area contributed by atoms with Gasteiger partial charge in [-0.1, -0.05) is 171 Å². The van der Waals surface area contributed by atoms with Crippen LogP contribution in [0.15, 0.2) is 398 Å². The van der Waals surface area contributed by atoms with Crippen molar-refractivity contribution in [2.24, 2.45) is 52.3 Å². The lowest BCUT2D eigenvalue weighted by Gasteiger charge is -2.55. The van der Waals surface area contributed by atoms with Crippen LogP contribution in [-0.4, -0.2) is 23.9 Å². The maximum absolute atomic E-state index is 13.3. The number of carbonyl (C=O) groups excluding carboxylic acids is 4. The highest BCUT2D eigenvalue weighted by molar-refractivity contribution is 7.98. The average Bonchev–Trinajstić information content (AvgIpc) is 1.43. The molecular weight excluding hydrogens is 1490 g/mol. The molecule has 0 amide bonds. The van der Waals surface area contributed by atoms with Crippen LogP contribution in [0, 0.1) is 52.3 Å². The van der Waals surface area contributed by atoms with Gasteiger partial charge in [-0.3, -0.25) is 19.2 Å². The second-order valence-corrected chi connectivity index (χ2v) is 40.4. The highest BCUT2D eigenvalue weighted by Crippen LogP contribution is 2.60. The van der Waals surface area contributed by atoms with Crippen molar-refractivity contribution >= 4 is 67.5 Å². The number of ether oxygens (including phenoxy) is 4. The molecule has 7 aliphatic carbocycles. The van der Waals surface area contributed by atoms with Gasteiger partial charge in [-0.25, -0.2) is 0 Å². The summed E-state index contributed by atoms with van der Waals surface area (Å²) in [6.07, 6.45) is 17.3. The molecular formula is C103H102O8S4+4. The third-order valence-electron chi connectivity index (χ3n) is 23.0. The maximum atomic E-state index is 13.3. The number of hydrogen-bond donors (Lipinski definition) is 0. The summed E-state index contributed by atoms with van der Waals surface area (Å²) in [5.74, 6) is 5.96. The molecule has 0 aliphatic heterocycles. The molecule has 7 aliphatic rings. The lowest BCUT2D eigenvalue weighted by molar-refractivity contribution is -0.161. The molecule has 3 atom stereocenters. The summed E-state index contributed by atoms with van der Waals surface area (Å²) in [5.41, 5.74) is -0.733. The fourth-order valence-electron chi connectivity index (χ4n) is 17.8. The minimum atomic E-state index is -0.517. The normalized spacial score (nSPS) is 19.7. The molecule has 12 heteroatoms. The van der Waals surface area contributed by atoms with E-state index in [0.717, 1.165) is 75.0 Å². The van der Waals surface area contributed by atoms with Crippen LogP contribution in [0.2, 0.25) is 0 Å². The van der Waals surface area contributed by atoms with Crippen LogP contribution in [-0.2, 0) is 62.8 Å². The quantitative estimate of drug-likeness (QED) is 0.0448. The first-order valence-corrected chi connectivity index (χ1v) is 45.8. The molecule has 0 aromatic heterocycles. The van der Waals surface area contributed by atoms with Crippen LogP contribution in [0.25, 0.3) is 0 Å². The van der Waals surface area contributed by atoms with Gasteiger partial charge in [0.05, 0.1) is 66.2 Å². The molecule has 7 fully saturated rings. The molecule has 8 nitrogen and oxygen atoms in total. The van der Waals surface area contributed by atoms with E-state index < -0.39 is 5.41 Å². The van der Waals surface area contributed by atoms with Crippen molar-refractivity contribution in [2.75, 3.05) is 0 Å². The van der Waals surface area contributed by atoms with E-state index in [9.17, 15) is 19.2 Å². The second-order valence-electron chi connectivity index (χ2n) is 32.3. The van der Waals surface area contributed by atoms with Gasteiger partial charge < -0.3 is 18.9 Å². The third-order valence-corrected chi connectivity index (χ3v) is 31.9. The molecule has 582 valence electrons. The van der Waals surface area contributed by atoms with Gasteiger partial charge in [0.2, 0.25) is 0 Å².